The number of carbonyl (C=O) groups excluding carboxylic acids is 2. The molecule has 0 aromatic rings. The Bertz CT molecular complexity index is 323. The Morgan fingerprint density at radius 3 is 2.15 bits per heavy atom. The molecule has 0 heterocycles. The van der Waals surface area contributed by atoms with Crippen LogP contribution >= 0.6 is 0 Å². The molecule has 0 aromatic carbocycles. The van der Waals surface area contributed by atoms with Gasteiger partial charge in [-0.3, -0.25) is 9.59 Å². The molecule has 0 aliphatic heterocycles. The highest BCUT2D eigenvalue weighted by Gasteiger charge is 2.30. The molecule has 0 fully saturated rings. The van der Waals surface area contributed by atoms with Crippen molar-refractivity contribution < 1.29 is 24.2 Å². The summed E-state index contributed by atoms with van der Waals surface area (Å²) < 4.78 is 9.29. The van der Waals surface area contributed by atoms with Gasteiger partial charge in [0.15, 0.2) is 5.76 Å². The van der Waals surface area contributed by atoms with Crippen LogP contribution in [0.25, 0.3) is 0 Å². The van der Waals surface area contributed by atoms with Crippen LogP contribution in [0.5, 0.6) is 0 Å². The van der Waals surface area contributed by atoms with Gasteiger partial charge < -0.3 is 14.6 Å². The van der Waals surface area contributed by atoms with Crippen LogP contribution < -0.4 is 0 Å². The number of carbonyl (C=O) groups is 2. The van der Waals surface area contributed by atoms with E-state index in [1.165, 1.54) is 14.2 Å². The van der Waals surface area contributed by atoms with Crippen molar-refractivity contribution in [3.8, 4) is 0 Å². The number of hydrogen-bond acceptors (Lipinski definition) is 5. The van der Waals surface area contributed by atoms with Gasteiger partial charge in [0.2, 0.25) is 17.3 Å². The van der Waals surface area contributed by atoms with Gasteiger partial charge in [-0.1, -0.05) is 0 Å². The van der Waals surface area contributed by atoms with Crippen LogP contribution in [0, 0.1) is 0 Å². The molecule has 13 heavy (non-hydrogen) atoms. The first-order valence-electron chi connectivity index (χ1n) is 3.43. The smallest absolute Gasteiger partial charge is 0.265 e. The first kappa shape index (κ1) is 9.31. The molecule has 1 N–H and O–H groups in total. The maximum Gasteiger partial charge on any atom is 0.265 e. The first-order chi connectivity index (χ1) is 6.11. The van der Waals surface area contributed by atoms with E-state index in [2.05, 4.69) is 9.47 Å². The fourth-order valence-electron chi connectivity index (χ4n) is 0.965. The molecular weight excluding hydrogens is 176 g/mol. The summed E-state index contributed by atoms with van der Waals surface area (Å²) in [6.45, 7) is 0. The van der Waals surface area contributed by atoms with E-state index in [1.807, 2.05) is 0 Å². The third kappa shape index (κ3) is 1.40. The van der Waals surface area contributed by atoms with Crippen molar-refractivity contribution in [2.45, 2.75) is 0 Å². The van der Waals surface area contributed by atoms with Gasteiger partial charge in [-0.05, 0) is 0 Å². The lowest BCUT2D eigenvalue weighted by Gasteiger charge is -2.13. The van der Waals surface area contributed by atoms with E-state index >= 15 is 0 Å². The van der Waals surface area contributed by atoms with E-state index in [0.29, 0.717) is 0 Å². The summed E-state index contributed by atoms with van der Waals surface area (Å²) in [7, 11) is 2.47. The molecule has 0 atom stereocenters. The van der Waals surface area contributed by atoms with Crippen LogP contribution in [0.3, 0.4) is 0 Å². The molecule has 5 nitrogen and oxygen atoms in total. The fraction of sp³-hybridized carbons (Fsp3) is 0.250. The van der Waals surface area contributed by atoms with Crippen LogP contribution in [0.1, 0.15) is 0 Å². The minimum atomic E-state index is -0.751. The molecule has 0 saturated carbocycles. The lowest BCUT2D eigenvalue weighted by Crippen LogP contribution is -2.21. The molecular formula is C8H8O5. The molecule has 0 spiro atoms. The highest BCUT2D eigenvalue weighted by atomic mass is 16.5. The summed E-state index contributed by atoms with van der Waals surface area (Å²) in [6.07, 6.45) is 0.795. The predicted octanol–water partition coefficient (Wildman–Crippen LogP) is 0.0845. The summed E-state index contributed by atoms with van der Waals surface area (Å²) in [5, 5.41) is 8.98. The van der Waals surface area contributed by atoms with Gasteiger partial charge in [0.25, 0.3) is 5.78 Å². The van der Waals surface area contributed by atoms with Gasteiger partial charge in [0, 0.05) is 6.08 Å². The van der Waals surface area contributed by atoms with Crippen molar-refractivity contribution in [2.75, 3.05) is 14.2 Å². The molecule has 0 radical (unpaired) electrons. The number of Topliss-reactive ketones (excluding diaryl/α,β-unsaturated/α-hetero) is 1. The molecule has 5 heteroatoms. The number of rotatable bonds is 2. The van der Waals surface area contributed by atoms with Gasteiger partial charge in [-0.15, -0.1) is 0 Å². The normalized spacial score (nSPS) is 17.2. The van der Waals surface area contributed by atoms with Gasteiger partial charge in [-0.25, -0.2) is 0 Å². The Hall–Kier alpha value is -1.78. The third-order valence-corrected chi connectivity index (χ3v) is 1.54. The summed E-state index contributed by atoms with van der Waals surface area (Å²) in [4.78, 5) is 22.2. The largest absolute Gasteiger partial charge is 0.504 e. The van der Waals surface area contributed by atoms with Crippen molar-refractivity contribution in [3.05, 3.63) is 23.4 Å². The zero-order valence-corrected chi connectivity index (χ0v) is 7.16. The van der Waals surface area contributed by atoms with Crippen LogP contribution in [0.15, 0.2) is 23.4 Å². The second-order valence-electron chi connectivity index (χ2n) is 2.29. The third-order valence-electron chi connectivity index (χ3n) is 1.54. The minimum absolute atomic E-state index is 0.190. The minimum Gasteiger partial charge on any atom is -0.504 e. The molecule has 1 aliphatic rings. The van der Waals surface area contributed by atoms with Gasteiger partial charge in [-0.2, -0.15) is 0 Å². The topological polar surface area (TPSA) is 72.8 Å². The van der Waals surface area contributed by atoms with Crippen molar-refractivity contribution in [2.24, 2.45) is 0 Å². The molecule has 1 rings (SSSR count). The molecule has 0 saturated heterocycles. The Labute approximate surface area is 74.3 Å². The van der Waals surface area contributed by atoms with E-state index in [1.54, 1.807) is 0 Å². The van der Waals surface area contributed by atoms with Crippen LogP contribution in [0.2, 0.25) is 0 Å². The lowest BCUT2D eigenvalue weighted by molar-refractivity contribution is -0.122. The Balaban J connectivity index is 3.19. The maximum absolute atomic E-state index is 11.1. The van der Waals surface area contributed by atoms with E-state index in [0.717, 1.165) is 6.08 Å². The molecule has 1 aliphatic carbocycles. The zero-order chi connectivity index (χ0) is 10.0. The van der Waals surface area contributed by atoms with E-state index in [9.17, 15) is 9.59 Å². The average molecular weight is 184 g/mol. The zero-order valence-electron chi connectivity index (χ0n) is 7.16. The summed E-state index contributed by atoms with van der Waals surface area (Å²) in [5.74, 6) is -2.43. The Kier molecular flexibility index (Phi) is 2.36. The maximum atomic E-state index is 11.1. The van der Waals surface area contributed by atoms with Gasteiger partial charge in [0.05, 0.1) is 14.2 Å². The number of aliphatic hydroxyl groups excluding tert-OH is 1. The van der Waals surface area contributed by atoms with Crippen molar-refractivity contribution >= 4 is 11.6 Å². The second-order valence-corrected chi connectivity index (χ2v) is 2.29. The Morgan fingerprint density at radius 2 is 1.69 bits per heavy atom. The van der Waals surface area contributed by atoms with Crippen molar-refractivity contribution in [1.82, 2.24) is 0 Å². The van der Waals surface area contributed by atoms with Crippen LogP contribution in [0.4, 0.5) is 0 Å². The van der Waals surface area contributed by atoms with Crippen molar-refractivity contribution in [3.63, 3.8) is 0 Å². The van der Waals surface area contributed by atoms with Crippen LogP contribution in [-0.4, -0.2) is 30.9 Å². The number of allylic oxidation sites excluding steroid dienone is 1. The predicted molar refractivity (Wildman–Crippen MR) is 41.8 cm³/mol. The number of methoxy groups -OCH3 is 2. The molecule has 0 amide bonds. The quantitative estimate of drug-likeness (QED) is 0.615. The monoisotopic (exact) mass is 184 g/mol. The summed E-state index contributed by atoms with van der Waals surface area (Å²) in [6, 6.07) is 0. The highest BCUT2D eigenvalue weighted by molar-refractivity contribution is 6.19. The van der Waals surface area contributed by atoms with E-state index in [-0.39, 0.29) is 11.5 Å². The SMILES string of the molecule is COC1=C(OC)C(=O)C(O)=CC1=O. The van der Waals surface area contributed by atoms with Crippen LogP contribution in [-0.2, 0) is 19.1 Å². The van der Waals surface area contributed by atoms with E-state index < -0.39 is 17.3 Å². The number of hydrogen-bond donors (Lipinski definition) is 1. The second kappa shape index (κ2) is 3.30. The number of ether oxygens (including phenoxy) is 2. The Morgan fingerprint density at radius 1 is 1.15 bits per heavy atom. The molecule has 0 unspecified atom stereocenters. The average Bonchev–Trinajstić information content (AvgIpc) is 2.10. The highest BCUT2D eigenvalue weighted by Crippen LogP contribution is 2.18. The molecule has 0 aromatic heterocycles. The van der Waals surface area contributed by atoms with Gasteiger partial charge in [0.1, 0.15) is 0 Å². The molecule has 70 valence electrons. The summed E-state index contributed by atoms with van der Waals surface area (Å²) in [5.41, 5.74) is 0. The summed E-state index contributed by atoms with van der Waals surface area (Å²) >= 11 is 0. The molecule has 0 bridgehead atoms. The fourth-order valence-corrected chi connectivity index (χ4v) is 0.965. The lowest BCUT2D eigenvalue weighted by atomic mass is 10.1. The number of ketones is 2. The number of aliphatic hydroxyl groups is 1. The van der Waals surface area contributed by atoms with E-state index in [4.69, 9.17) is 5.11 Å². The van der Waals surface area contributed by atoms with Gasteiger partial charge >= 0.3 is 0 Å². The standard InChI is InChI=1S/C8H8O5/c1-12-7-5(10)3-4(9)6(11)8(7)13-2/h3,9H,1-2H3. The first-order valence-corrected chi connectivity index (χ1v) is 3.43. The van der Waals surface area contributed by atoms with Crippen molar-refractivity contribution in [1.29, 1.82) is 0 Å².